The van der Waals surface area contributed by atoms with Crippen LogP contribution in [0, 0.1) is 0 Å². The Morgan fingerprint density at radius 3 is 3.00 bits per heavy atom. The van der Waals surface area contributed by atoms with Gasteiger partial charge in [-0.1, -0.05) is 0 Å². The maximum absolute atomic E-state index is 11.5. The van der Waals surface area contributed by atoms with Crippen LogP contribution in [0.25, 0.3) is 0 Å². The molecule has 1 saturated heterocycles. The van der Waals surface area contributed by atoms with Gasteiger partial charge in [0.25, 0.3) is 10.1 Å². The zero-order chi connectivity index (χ0) is 14.8. The van der Waals surface area contributed by atoms with Crippen LogP contribution in [-0.2, 0) is 19.0 Å². The lowest BCUT2D eigenvalue weighted by atomic mass is 10.3. The molecular formula is C11H16N2O5S2. The predicted octanol–water partition coefficient (Wildman–Crippen LogP) is 0.875. The molecule has 1 aliphatic heterocycles. The monoisotopic (exact) mass is 320 g/mol. The first-order valence-corrected chi connectivity index (χ1v) is 8.84. The fraction of sp³-hybridized carbons (Fsp3) is 0.636. The molecule has 7 nitrogen and oxygen atoms in total. The van der Waals surface area contributed by atoms with Crippen molar-refractivity contribution in [2.75, 3.05) is 30.9 Å². The van der Waals surface area contributed by atoms with Gasteiger partial charge in [0, 0.05) is 18.5 Å². The number of thiazole rings is 1. The number of aromatic nitrogens is 1. The van der Waals surface area contributed by atoms with E-state index in [0.717, 1.165) is 6.26 Å². The zero-order valence-corrected chi connectivity index (χ0v) is 12.9. The number of esters is 1. The lowest BCUT2D eigenvalue weighted by molar-refractivity contribution is 0.0520. The molecule has 0 saturated carbocycles. The van der Waals surface area contributed by atoms with Gasteiger partial charge in [-0.05, 0) is 13.3 Å². The van der Waals surface area contributed by atoms with Gasteiger partial charge in [0.1, 0.15) is 0 Å². The molecule has 0 aromatic carbocycles. The fourth-order valence-electron chi connectivity index (χ4n) is 1.94. The van der Waals surface area contributed by atoms with Crippen LogP contribution in [0.4, 0.5) is 5.13 Å². The molecule has 0 spiro atoms. The van der Waals surface area contributed by atoms with Crippen LogP contribution in [0.2, 0.25) is 0 Å². The van der Waals surface area contributed by atoms with Crippen molar-refractivity contribution in [3.05, 3.63) is 11.1 Å². The number of carbonyl (C=O) groups is 1. The Balaban J connectivity index is 1.98. The highest BCUT2D eigenvalue weighted by Gasteiger charge is 2.28. The van der Waals surface area contributed by atoms with E-state index in [1.54, 1.807) is 12.3 Å². The summed E-state index contributed by atoms with van der Waals surface area (Å²) in [5, 5.41) is 2.31. The van der Waals surface area contributed by atoms with E-state index in [-0.39, 0.29) is 11.8 Å². The van der Waals surface area contributed by atoms with E-state index >= 15 is 0 Å². The van der Waals surface area contributed by atoms with E-state index in [1.807, 2.05) is 4.90 Å². The number of nitrogens with zero attached hydrogens (tertiary/aromatic N) is 2. The normalized spacial score (nSPS) is 19.3. The van der Waals surface area contributed by atoms with Crippen LogP contribution in [-0.4, -0.2) is 51.4 Å². The Hall–Kier alpha value is -1.19. The highest BCUT2D eigenvalue weighted by molar-refractivity contribution is 7.86. The van der Waals surface area contributed by atoms with Crippen LogP contribution in [0.5, 0.6) is 0 Å². The maximum Gasteiger partial charge on any atom is 0.357 e. The van der Waals surface area contributed by atoms with Crippen molar-refractivity contribution in [1.29, 1.82) is 0 Å². The van der Waals surface area contributed by atoms with Gasteiger partial charge in [-0.15, -0.1) is 11.3 Å². The summed E-state index contributed by atoms with van der Waals surface area (Å²) in [5.41, 5.74) is 0.277. The van der Waals surface area contributed by atoms with Crippen LogP contribution in [0.15, 0.2) is 5.38 Å². The first kappa shape index (κ1) is 15.2. The molecular weight excluding hydrogens is 304 g/mol. The van der Waals surface area contributed by atoms with Crippen LogP contribution in [0.1, 0.15) is 23.8 Å². The molecule has 0 radical (unpaired) electrons. The molecule has 1 atom stereocenters. The van der Waals surface area contributed by atoms with E-state index in [0.29, 0.717) is 31.2 Å². The van der Waals surface area contributed by atoms with Crippen LogP contribution >= 0.6 is 11.3 Å². The molecule has 1 unspecified atom stereocenters. The molecule has 1 aromatic heterocycles. The first-order valence-electron chi connectivity index (χ1n) is 6.15. The summed E-state index contributed by atoms with van der Waals surface area (Å²) in [7, 11) is -3.45. The standard InChI is InChI=1S/C11H16N2O5S2/c1-3-17-10(14)9-7-19-11(12-9)13-5-4-8(6-13)18-20(2,15)16/h7-8H,3-6H2,1-2H3. The Morgan fingerprint density at radius 2 is 2.35 bits per heavy atom. The maximum atomic E-state index is 11.5. The summed E-state index contributed by atoms with van der Waals surface area (Å²) in [4.78, 5) is 17.6. The van der Waals surface area contributed by atoms with Gasteiger partial charge in [0.05, 0.1) is 19.0 Å². The third-order valence-electron chi connectivity index (χ3n) is 2.70. The van der Waals surface area contributed by atoms with E-state index in [4.69, 9.17) is 8.92 Å². The second-order valence-electron chi connectivity index (χ2n) is 4.39. The highest BCUT2D eigenvalue weighted by atomic mass is 32.2. The fourth-order valence-corrected chi connectivity index (χ4v) is 3.42. The van der Waals surface area contributed by atoms with Gasteiger partial charge >= 0.3 is 5.97 Å². The number of carbonyl (C=O) groups excluding carboxylic acids is 1. The molecule has 1 aromatic rings. The summed E-state index contributed by atoms with van der Waals surface area (Å²) in [6.45, 7) is 3.14. The molecule has 0 amide bonds. The van der Waals surface area contributed by atoms with Crippen molar-refractivity contribution >= 4 is 32.6 Å². The van der Waals surface area contributed by atoms with E-state index in [9.17, 15) is 13.2 Å². The van der Waals surface area contributed by atoms with Gasteiger partial charge in [0.2, 0.25) is 0 Å². The quantitative estimate of drug-likeness (QED) is 0.588. The number of rotatable bonds is 5. The predicted molar refractivity (Wildman–Crippen MR) is 74.6 cm³/mol. The van der Waals surface area contributed by atoms with Crippen molar-refractivity contribution in [2.45, 2.75) is 19.4 Å². The van der Waals surface area contributed by atoms with E-state index < -0.39 is 16.1 Å². The average molecular weight is 320 g/mol. The topological polar surface area (TPSA) is 85.8 Å². The minimum atomic E-state index is -3.45. The molecule has 20 heavy (non-hydrogen) atoms. The molecule has 1 fully saturated rings. The number of anilines is 1. The Morgan fingerprint density at radius 1 is 1.60 bits per heavy atom. The summed E-state index contributed by atoms with van der Waals surface area (Å²) in [6.07, 6.45) is 1.29. The van der Waals surface area contributed by atoms with Gasteiger partial charge in [-0.2, -0.15) is 8.42 Å². The van der Waals surface area contributed by atoms with Crippen LogP contribution < -0.4 is 4.90 Å². The molecule has 2 rings (SSSR count). The molecule has 9 heteroatoms. The lowest BCUT2D eigenvalue weighted by Crippen LogP contribution is -2.24. The van der Waals surface area contributed by atoms with Gasteiger partial charge in [-0.25, -0.2) is 9.78 Å². The third kappa shape index (κ3) is 3.90. The molecule has 0 N–H and O–H groups in total. The summed E-state index contributed by atoms with van der Waals surface area (Å²) < 4.78 is 32.0. The Bertz CT molecular complexity index is 583. The minimum absolute atomic E-state index is 0.277. The second kappa shape index (κ2) is 6.06. The average Bonchev–Trinajstić information content (AvgIpc) is 2.95. The summed E-state index contributed by atoms with van der Waals surface area (Å²) >= 11 is 1.33. The minimum Gasteiger partial charge on any atom is -0.461 e. The van der Waals surface area contributed by atoms with E-state index in [1.165, 1.54) is 11.3 Å². The van der Waals surface area contributed by atoms with Crippen molar-refractivity contribution in [2.24, 2.45) is 0 Å². The Kier molecular flexibility index (Phi) is 4.61. The summed E-state index contributed by atoms with van der Waals surface area (Å²) in [6, 6.07) is 0. The zero-order valence-electron chi connectivity index (χ0n) is 11.2. The van der Waals surface area contributed by atoms with Gasteiger partial charge in [-0.3, -0.25) is 4.18 Å². The number of ether oxygens (including phenoxy) is 1. The van der Waals surface area contributed by atoms with Crippen LogP contribution in [0.3, 0.4) is 0 Å². The molecule has 1 aliphatic rings. The number of hydrogen-bond donors (Lipinski definition) is 0. The largest absolute Gasteiger partial charge is 0.461 e. The van der Waals surface area contributed by atoms with Gasteiger partial charge in [0.15, 0.2) is 10.8 Å². The van der Waals surface area contributed by atoms with Crippen molar-refractivity contribution in [1.82, 2.24) is 4.98 Å². The second-order valence-corrected chi connectivity index (χ2v) is 6.83. The van der Waals surface area contributed by atoms with Gasteiger partial charge < -0.3 is 9.64 Å². The van der Waals surface area contributed by atoms with Crippen molar-refractivity contribution in [3.63, 3.8) is 0 Å². The smallest absolute Gasteiger partial charge is 0.357 e. The lowest BCUT2D eigenvalue weighted by Gasteiger charge is -2.14. The molecule has 0 bridgehead atoms. The van der Waals surface area contributed by atoms with Crippen molar-refractivity contribution in [3.8, 4) is 0 Å². The third-order valence-corrected chi connectivity index (χ3v) is 4.23. The molecule has 112 valence electrons. The van der Waals surface area contributed by atoms with E-state index in [2.05, 4.69) is 4.98 Å². The summed E-state index contributed by atoms with van der Waals surface area (Å²) in [5.74, 6) is -0.446. The number of hydrogen-bond acceptors (Lipinski definition) is 8. The molecule has 2 heterocycles. The SMILES string of the molecule is CCOC(=O)c1csc(N2CCC(OS(C)(=O)=O)C2)n1. The Labute approximate surface area is 121 Å². The highest BCUT2D eigenvalue weighted by Crippen LogP contribution is 2.26. The first-order chi connectivity index (χ1) is 9.39. The van der Waals surface area contributed by atoms with Crippen molar-refractivity contribution < 1.29 is 22.1 Å². The molecule has 0 aliphatic carbocycles.